The summed E-state index contributed by atoms with van der Waals surface area (Å²) in [5.74, 6) is -1.13. The van der Waals surface area contributed by atoms with Crippen molar-refractivity contribution in [1.29, 1.82) is 0 Å². The summed E-state index contributed by atoms with van der Waals surface area (Å²) in [6.07, 6.45) is 0. The monoisotopic (exact) mass is 372 g/mol. The lowest BCUT2D eigenvalue weighted by molar-refractivity contribution is 0.594. The van der Waals surface area contributed by atoms with E-state index >= 15 is 0 Å². The van der Waals surface area contributed by atoms with E-state index in [0.29, 0.717) is 5.69 Å². The van der Waals surface area contributed by atoms with Gasteiger partial charge in [-0.3, -0.25) is 4.72 Å². The predicted molar refractivity (Wildman–Crippen MR) is 98.6 cm³/mol. The number of hydrogen-bond donors (Lipinski definition) is 2. The molecule has 6 nitrogen and oxygen atoms in total. The molecule has 0 fully saturated rings. The molecule has 0 saturated heterocycles. The van der Waals surface area contributed by atoms with Crippen LogP contribution in [0.2, 0.25) is 0 Å². The number of rotatable bonds is 4. The van der Waals surface area contributed by atoms with Crippen molar-refractivity contribution in [2.75, 3.05) is 10.5 Å². The number of sulfonamides is 1. The number of nitrogens with zero attached hydrogens (tertiary/aromatic N) is 2. The van der Waals surface area contributed by atoms with Crippen LogP contribution in [0.3, 0.4) is 0 Å². The molecule has 0 unspecified atom stereocenters. The average Bonchev–Trinajstić information content (AvgIpc) is 2.57. The maximum atomic E-state index is 14.2. The number of hydrogen-bond acceptors (Lipinski definition) is 5. The zero-order valence-corrected chi connectivity index (χ0v) is 15.0. The number of nitrogens with one attached hydrogen (secondary N) is 1. The summed E-state index contributed by atoms with van der Waals surface area (Å²) < 4.78 is 41.2. The Morgan fingerprint density at radius 1 is 0.962 bits per heavy atom. The van der Waals surface area contributed by atoms with Crippen LogP contribution in [-0.4, -0.2) is 18.4 Å². The number of aryl methyl sites for hydroxylation is 2. The molecule has 0 saturated carbocycles. The third kappa shape index (κ3) is 3.50. The average molecular weight is 372 g/mol. The third-order valence-electron chi connectivity index (χ3n) is 3.83. The normalized spacial score (nSPS) is 11.3. The Labute approximate surface area is 151 Å². The van der Waals surface area contributed by atoms with E-state index in [4.69, 9.17) is 5.73 Å². The van der Waals surface area contributed by atoms with Gasteiger partial charge in [0.25, 0.3) is 10.0 Å². The molecule has 3 N–H and O–H groups in total. The SMILES string of the molecule is Cc1cccc(C)c1-c1ccc(F)c(NS(=O)(=O)c2cccc(N)n2)n1. The van der Waals surface area contributed by atoms with Gasteiger partial charge >= 0.3 is 0 Å². The van der Waals surface area contributed by atoms with Gasteiger partial charge in [0.2, 0.25) is 0 Å². The zero-order chi connectivity index (χ0) is 18.9. The number of nitrogens with two attached hydrogens (primary N) is 1. The molecule has 0 aliphatic rings. The summed E-state index contributed by atoms with van der Waals surface area (Å²) in [5.41, 5.74) is 8.73. The van der Waals surface area contributed by atoms with E-state index in [1.807, 2.05) is 32.0 Å². The van der Waals surface area contributed by atoms with E-state index in [-0.39, 0.29) is 10.8 Å². The number of halogens is 1. The van der Waals surface area contributed by atoms with Crippen LogP contribution in [0.15, 0.2) is 53.6 Å². The topological polar surface area (TPSA) is 98.0 Å². The van der Waals surface area contributed by atoms with E-state index in [1.54, 1.807) is 0 Å². The number of pyridine rings is 2. The fourth-order valence-electron chi connectivity index (χ4n) is 2.63. The number of aromatic nitrogens is 2. The van der Waals surface area contributed by atoms with Gasteiger partial charge in [0.1, 0.15) is 5.82 Å². The Bertz CT molecular complexity index is 1060. The van der Waals surface area contributed by atoms with Crippen LogP contribution >= 0.6 is 0 Å². The highest BCUT2D eigenvalue weighted by Gasteiger charge is 2.20. The molecule has 2 aromatic heterocycles. The van der Waals surface area contributed by atoms with Gasteiger partial charge in [-0.05, 0) is 49.2 Å². The molecular formula is C18H17FN4O2S. The predicted octanol–water partition coefficient (Wildman–Crippen LogP) is 3.28. The lowest BCUT2D eigenvalue weighted by Gasteiger charge is -2.12. The molecule has 0 amide bonds. The first-order valence-corrected chi connectivity index (χ1v) is 9.25. The summed E-state index contributed by atoms with van der Waals surface area (Å²) in [6.45, 7) is 3.82. The van der Waals surface area contributed by atoms with E-state index in [0.717, 1.165) is 16.7 Å². The van der Waals surface area contributed by atoms with E-state index in [1.165, 1.54) is 30.3 Å². The maximum absolute atomic E-state index is 14.2. The minimum absolute atomic E-state index is 0.0468. The molecule has 3 aromatic rings. The van der Waals surface area contributed by atoms with Crippen LogP contribution in [0.4, 0.5) is 16.0 Å². The van der Waals surface area contributed by atoms with Crippen LogP contribution in [0.5, 0.6) is 0 Å². The molecule has 2 heterocycles. The summed E-state index contributed by atoms with van der Waals surface area (Å²) in [5, 5.41) is -0.309. The molecule has 134 valence electrons. The minimum atomic E-state index is -4.12. The van der Waals surface area contributed by atoms with Crippen molar-refractivity contribution in [1.82, 2.24) is 9.97 Å². The van der Waals surface area contributed by atoms with Gasteiger partial charge in [-0.1, -0.05) is 24.3 Å². The van der Waals surface area contributed by atoms with Crippen LogP contribution in [0.1, 0.15) is 11.1 Å². The lowest BCUT2D eigenvalue weighted by Crippen LogP contribution is -2.17. The Balaban J connectivity index is 2.04. The molecule has 0 aliphatic carbocycles. The van der Waals surface area contributed by atoms with Gasteiger partial charge in [0.15, 0.2) is 16.7 Å². The van der Waals surface area contributed by atoms with Crippen molar-refractivity contribution in [3.8, 4) is 11.3 Å². The summed E-state index contributed by atoms with van der Waals surface area (Å²) in [7, 11) is -4.12. The molecule has 0 spiro atoms. The molecule has 0 bridgehead atoms. The third-order valence-corrected chi connectivity index (χ3v) is 5.07. The van der Waals surface area contributed by atoms with Crippen LogP contribution < -0.4 is 10.5 Å². The van der Waals surface area contributed by atoms with Gasteiger partial charge in [-0.2, -0.15) is 8.42 Å². The highest BCUT2D eigenvalue weighted by molar-refractivity contribution is 7.92. The molecule has 0 radical (unpaired) electrons. The highest BCUT2D eigenvalue weighted by atomic mass is 32.2. The van der Waals surface area contributed by atoms with E-state index in [2.05, 4.69) is 14.7 Å². The fraction of sp³-hybridized carbons (Fsp3) is 0.111. The number of anilines is 2. The summed E-state index contributed by atoms with van der Waals surface area (Å²) in [6, 6.07) is 12.6. The van der Waals surface area contributed by atoms with Crippen molar-refractivity contribution in [3.05, 3.63) is 65.5 Å². The largest absolute Gasteiger partial charge is 0.384 e. The second kappa shape index (κ2) is 6.72. The van der Waals surface area contributed by atoms with E-state index < -0.39 is 21.7 Å². The molecular weight excluding hydrogens is 355 g/mol. The molecule has 0 atom stereocenters. The Kier molecular flexibility index (Phi) is 4.60. The van der Waals surface area contributed by atoms with Gasteiger partial charge < -0.3 is 5.73 Å². The van der Waals surface area contributed by atoms with Gasteiger partial charge in [-0.25, -0.2) is 14.4 Å². The van der Waals surface area contributed by atoms with Crippen molar-refractivity contribution >= 4 is 21.7 Å². The first-order valence-electron chi connectivity index (χ1n) is 7.76. The van der Waals surface area contributed by atoms with Gasteiger partial charge in [0.05, 0.1) is 5.69 Å². The van der Waals surface area contributed by atoms with Crippen LogP contribution in [0.25, 0.3) is 11.3 Å². The molecule has 0 aliphatic heterocycles. The van der Waals surface area contributed by atoms with Gasteiger partial charge in [0, 0.05) is 5.56 Å². The van der Waals surface area contributed by atoms with Crippen molar-refractivity contribution in [3.63, 3.8) is 0 Å². The zero-order valence-electron chi connectivity index (χ0n) is 14.2. The minimum Gasteiger partial charge on any atom is -0.384 e. The summed E-state index contributed by atoms with van der Waals surface area (Å²) >= 11 is 0. The summed E-state index contributed by atoms with van der Waals surface area (Å²) in [4.78, 5) is 7.93. The van der Waals surface area contributed by atoms with Gasteiger partial charge in [-0.15, -0.1) is 0 Å². The second-order valence-electron chi connectivity index (χ2n) is 5.80. The van der Waals surface area contributed by atoms with E-state index in [9.17, 15) is 12.8 Å². The quantitative estimate of drug-likeness (QED) is 0.732. The lowest BCUT2D eigenvalue weighted by atomic mass is 10.00. The molecule has 26 heavy (non-hydrogen) atoms. The van der Waals surface area contributed by atoms with Crippen LogP contribution in [0, 0.1) is 19.7 Å². The highest BCUT2D eigenvalue weighted by Crippen LogP contribution is 2.28. The van der Waals surface area contributed by atoms with Crippen LogP contribution in [-0.2, 0) is 10.0 Å². The Morgan fingerprint density at radius 3 is 2.27 bits per heavy atom. The Hall–Kier alpha value is -3.00. The second-order valence-corrected chi connectivity index (χ2v) is 7.43. The first kappa shape index (κ1) is 17.8. The maximum Gasteiger partial charge on any atom is 0.280 e. The smallest absolute Gasteiger partial charge is 0.280 e. The fourth-order valence-corrected chi connectivity index (χ4v) is 3.62. The molecule has 8 heteroatoms. The number of nitrogen functional groups attached to an aromatic ring is 1. The first-order chi connectivity index (χ1) is 12.3. The van der Waals surface area contributed by atoms with Crippen molar-refractivity contribution in [2.45, 2.75) is 18.9 Å². The standard InChI is InChI=1S/C18H17FN4O2S/c1-11-5-3-6-12(2)17(11)14-10-9-13(19)18(21-14)23-26(24,25)16-8-4-7-15(20)22-16/h3-10H,1-2H3,(H2,20,22)(H,21,23). The number of benzene rings is 1. The van der Waals surface area contributed by atoms with Crippen molar-refractivity contribution < 1.29 is 12.8 Å². The molecule has 3 rings (SSSR count). The molecule has 1 aromatic carbocycles. The Morgan fingerprint density at radius 2 is 1.62 bits per heavy atom. The van der Waals surface area contributed by atoms with Crippen molar-refractivity contribution in [2.24, 2.45) is 0 Å².